The highest BCUT2D eigenvalue weighted by molar-refractivity contribution is 8.13. The van der Waals surface area contributed by atoms with Crippen molar-refractivity contribution in [2.45, 2.75) is 38.4 Å². The first-order valence-electron chi connectivity index (χ1n) is 5.83. The number of hydrogen-bond acceptors (Lipinski definition) is 5. The first-order chi connectivity index (χ1) is 8.95. The van der Waals surface area contributed by atoms with E-state index in [2.05, 4.69) is 15.1 Å². The average Bonchev–Trinajstić information content (AvgIpc) is 2.95. The van der Waals surface area contributed by atoms with E-state index < -0.39 is 9.05 Å². The number of hydrogen-bond donors (Lipinski definition) is 0. The molecule has 0 aromatic carbocycles. The summed E-state index contributed by atoms with van der Waals surface area (Å²) < 4.78 is 26.1. The fourth-order valence-electron chi connectivity index (χ4n) is 1.79. The maximum absolute atomic E-state index is 11.3. The van der Waals surface area contributed by atoms with E-state index in [-0.39, 0.29) is 5.03 Å². The van der Waals surface area contributed by atoms with Gasteiger partial charge >= 0.3 is 0 Å². The van der Waals surface area contributed by atoms with Gasteiger partial charge in [0.2, 0.25) is 0 Å². The van der Waals surface area contributed by atoms with Gasteiger partial charge < -0.3 is 4.57 Å². The zero-order chi connectivity index (χ0) is 14.0. The summed E-state index contributed by atoms with van der Waals surface area (Å²) in [6, 6.07) is 0. The first-order valence-corrected chi connectivity index (χ1v) is 8.14. The Labute approximate surface area is 115 Å². The van der Waals surface area contributed by atoms with Gasteiger partial charge in [-0.25, -0.2) is 23.1 Å². The number of imidazole rings is 1. The molecule has 7 nitrogen and oxygen atoms in total. The highest BCUT2D eigenvalue weighted by Crippen LogP contribution is 2.15. The van der Waals surface area contributed by atoms with Crippen LogP contribution in [-0.2, 0) is 28.6 Å². The van der Waals surface area contributed by atoms with Gasteiger partial charge in [0.1, 0.15) is 18.0 Å². The predicted molar refractivity (Wildman–Crippen MR) is 69.4 cm³/mol. The van der Waals surface area contributed by atoms with Crippen LogP contribution in [0.25, 0.3) is 0 Å². The van der Waals surface area contributed by atoms with Gasteiger partial charge in [0.25, 0.3) is 9.05 Å². The van der Waals surface area contributed by atoms with Crippen LogP contribution in [0.3, 0.4) is 0 Å². The van der Waals surface area contributed by atoms with Gasteiger partial charge in [-0.15, -0.1) is 0 Å². The SMILES string of the molecule is CCc1nc(S(=O)(=O)Cl)cn1Cc1ncnn1CC. The fourth-order valence-corrected chi connectivity index (χ4v) is 2.48. The van der Waals surface area contributed by atoms with E-state index in [0.29, 0.717) is 25.3 Å². The summed E-state index contributed by atoms with van der Waals surface area (Å²) in [5.74, 6) is 1.39. The molecule has 0 aliphatic rings. The van der Waals surface area contributed by atoms with Gasteiger partial charge in [-0.2, -0.15) is 5.10 Å². The van der Waals surface area contributed by atoms with Crippen LogP contribution in [0.1, 0.15) is 25.5 Å². The van der Waals surface area contributed by atoms with E-state index in [4.69, 9.17) is 10.7 Å². The van der Waals surface area contributed by atoms with Crippen LogP contribution >= 0.6 is 10.7 Å². The molecule has 2 aromatic rings. The molecule has 19 heavy (non-hydrogen) atoms. The molecule has 0 saturated heterocycles. The minimum atomic E-state index is -3.81. The molecule has 0 N–H and O–H groups in total. The molecular weight excluding hydrogens is 290 g/mol. The van der Waals surface area contributed by atoms with Crippen molar-refractivity contribution in [3.63, 3.8) is 0 Å². The molecular formula is C10H14ClN5O2S. The van der Waals surface area contributed by atoms with Crippen molar-refractivity contribution in [1.82, 2.24) is 24.3 Å². The number of aryl methyl sites for hydroxylation is 2. The van der Waals surface area contributed by atoms with Gasteiger partial charge in [-0.05, 0) is 6.92 Å². The van der Waals surface area contributed by atoms with Crippen LogP contribution < -0.4 is 0 Å². The molecule has 0 atom stereocenters. The lowest BCUT2D eigenvalue weighted by Crippen LogP contribution is -2.10. The second-order valence-electron chi connectivity index (χ2n) is 3.91. The molecule has 2 heterocycles. The molecule has 0 unspecified atom stereocenters. The molecule has 2 aromatic heterocycles. The van der Waals surface area contributed by atoms with E-state index >= 15 is 0 Å². The second-order valence-corrected chi connectivity index (χ2v) is 6.42. The van der Waals surface area contributed by atoms with E-state index in [0.717, 1.165) is 5.82 Å². The normalized spacial score (nSPS) is 11.9. The molecule has 0 bridgehead atoms. The molecule has 0 spiro atoms. The van der Waals surface area contributed by atoms with Gasteiger partial charge in [0.05, 0.1) is 6.54 Å². The zero-order valence-electron chi connectivity index (χ0n) is 10.6. The Balaban J connectivity index is 2.37. The number of halogens is 1. The molecule has 104 valence electrons. The van der Waals surface area contributed by atoms with E-state index in [1.807, 2.05) is 13.8 Å². The third-order valence-corrected chi connectivity index (χ3v) is 3.88. The standard InChI is InChI=1S/C10H14ClN5O2S/c1-3-8-14-10(19(11,17)18)6-15(8)5-9-12-7-13-16(9)4-2/h6-7H,3-5H2,1-2H3. The van der Waals surface area contributed by atoms with E-state index in [1.165, 1.54) is 12.5 Å². The number of nitrogens with zero attached hydrogens (tertiary/aromatic N) is 5. The molecule has 2 rings (SSSR count). The van der Waals surface area contributed by atoms with Crippen LogP contribution in [0.15, 0.2) is 17.6 Å². The van der Waals surface area contributed by atoms with Crippen molar-refractivity contribution in [2.24, 2.45) is 0 Å². The summed E-state index contributed by atoms with van der Waals surface area (Å²) in [5.41, 5.74) is 0. The third-order valence-electron chi connectivity index (χ3n) is 2.71. The van der Waals surface area contributed by atoms with Crippen LogP contribution in [0.2, 0.25) is 0 Å². The molecule has 0 fully saturated rings. The van der Waals surface area contributed by atoms with Crippen LogP contribution in [0.5, 0.6) is 0 Å². The van der Waals surface area contributed by atoms with Crippen molar-refractivity contribution >= 4 is 19.7 Å². The van der Waals surface area contributed by atoms with Gasteiger partial charge in [-0.3, -0.25) is 0 Å². The second kappa shape index (κ2) is 5.30. The summed E-state index contributed by atoms with van der Waals surface area (Å²) in [7, 11) is 1.49. The predicted octanol–water partition coefficient (Wildman–Crippen LogP) is 1.03. The van der Waals surface area contributed by atoms with Gasteiger partial charge in [0, 0.05) is 29.8 Å². The molecule has 0 aliphatic carbocycles. The Morgan fingerprint density at radius 1 is 1.32 bits per heavy atom. The lowest BCUT2D eigenvalue weighted by atomic mass is 10.4. The summed E-state index contributed by atoms with van der Waals surface area (Å²) in [6.45, 7) is 4.97. The summed E-state index contributed by atoms with van der Waals surface area (Å²) in [6.07, 6.45) is 3.50. The Bertz CT molecular complexity index is 676. The van der Waals surface area contributed by atoms with E-state index in [1.54, 1.807) is 9.25 Å². The topological polar surface area (TPSA) is 82.7 Å². The highest BCUT2D eigenvalue weighted by atomic mass is 35.7. The quantitative estimate of drug-likeness (QED) is 0.771. The fraction of sp³-hybridized carbons (Fsp3) is 0.500. The highest BCUT2D eigenvalue weighted by Gasteiger charge is 2.18. The van der Waals surface area contributed by atoms with Crippen LogP contribution in [0, 0.1) is 0 Å². The van der Waals surface area contributed by atoms with Gasteiger partial charge in [-0.1, -0.05) is 6.92 Å². The van der Waals surface area contributed by atoms with Gasteiger partial charge in [0.15, 0.2) is 5.03 Å². The largest absolute Gasteiger partial charge is 0.326 e. The minimum Gasteiger partial charge on any atom is -0.326 e. The smallest absolute Gasteiger partial charge is 0.280 e. The van der Waals surface area contributed by atoms with Crippen LogP contribution in [0.4, 0.5) is 0 Å². The average molecular weight is 304 g/mol. The third kappa shape index (κ3) is 2.95. The summed E-state index contributed by atoms with van der Waals surface area (Å²) in [5, 5.41) is 3.94. The Hall–Kier alpha value is -1.41. The van der Waals surface area contributed by atoms with Crippen molar-refractivity contribution in [1.29, 1.82) is 0 Å². The minimum absolute atomic E-state index is 0.131. The molecule has 0 radical (unpaired) electrons. The number of aromatic nitrogens is 5. The zero-order valence-corrected chi connectivity index (χ0v) is 12.2. The monoisotopic (exact) mass is 303 g/mol. The van der Waals surface area contributed by atoms with E-state index in [9.17, 15) is 8.42 Å². The summed E-state index contributed by atoms with van der Waals surface area (Å²) >= 11 is 0. The lowest BCUT2D eigenvalue weighted by molar-refractivity contribution is 0.583. The van der Waals surface area contributed by atoms with Crippen molar-refractivity contribution in [3.8, 4) is 0 Å². The van der Waals surface area contributed by atoms with Crippen molar-refractivity contribution in [2.75, 3.05) is 0 Å². The molecule has 0 aliphatic heterocycles. The molecule has 0 saturated carbocycles. The van der Waals surface area contributed by atoms with Crippen LogP contribution in [-0.4, -0.2) is 32.7 Å². The lowest BCUT2D eigenvalue weighted by Gasteiger charge is -2.06. The molecule has 0 amide bonds. The Morgan fingerprint density at radius 2 is 2.05 bits per heavy atom. The first kappa shape index (κ1) is 14.0. The maximum atomic E-state index is 11.3. The number of rotatable bonds is 5. The van der Waals surface area contributed by atoms with Crippen molar-refractivity contribution < 1.29 is 8.42 Å². The van der Waals surface area contributed by atoms with Crippen molar-refractivity contribution in [3.05, 3.63) is 24.2 Å². The molecule has 9 heteroatoms. The summed E-state index contributed by atoms with van der Waals surface area (Å²) in [4.78, 5) is 8.17. The Morgan fingerprint density at radius 3 is 2.63 bits per heavy atom. The Kier molecular flexibility index (Phi) is 3.91. The maximum Gasteiger partial charge on any atom is 0.280 e.